The molecule has 10 heteroatoms. The van der Waals surface area contributed by atoms with Crippen molar-refractivity contribution in [3.8, 4) is 0 Å². The van der Waals surface area contributed by atoms with E-state index >= 15 is 0 Å². The van der Waals surface area contributed by atoms with Crippen LogP contribution in [0.25, 0.3) is 0 Å². The van der Waals surface area contributed by atoms with E-state index in [-0.39, 0.29) is 18.1 Å². The molecular weight excluding hydrogens is 452 g/mol. The molecule has 34 heavy (non-hydrogen) atoms. The summed E-state index contributed by atoms with van der Waals surface area (Å²) in [6.07, 6.45) is 5.74. The highest BCUT2D eigenvalue weighted by Crippen LogP contribution is 2.33. The van der Waals surface area contributed by atoms with Crippen molar-refractivity contribution in [2.45, 2.75) is 32.3 Å². The third-order valence-electron chi connectivity index (χ3n) is 5.96. The number of piperidine rings is 1. The number of ether oxygens (including phenoxy) is 1. The first kappa shape index (κ1) is 24.3. The van der Waals surface area contributed by atoms with Crippen molar-refractivity contribution < 1.29 is 14.6 Å². The Morgan fingerprint density at radius 2 is 2.06 bits per heavy atom. The molecule has 3 aliphatic heterocycles. The summed E-state index contributed by atoms with van der Waals surface area (Å²) in [5, 5.41) is 15.2. The number of hydrogen-bond acceptors (Lipinski definition) is 9. The molecule has 0 atom stereocenters. The van der Waals surface area contributed by atoms with Crippen LogP contribution >= 0.6 is 11.9 Å². The average Bonchev–Trinajstić information content (AvgIpc) is 2.81. The van der Waals surface area contributed by atoms with Gasteiger partial charge in [-0.2, -0.15) is 4.98 Å². The number of fused-ring (bicyclic) bond motifs is 7. The number of hydrogen-bond donors (Lipinski definition) is 4. The number of carbonyl (C=O) groups excluding carboxylic acids is 1. The van der Waals surface area contributed by atoms with Gasteiger partial charge in [0.15, 0.2) is 0 Å². The summed E-state index contributed by atoms with van der Waals surface area (Å²) in [6.45, 7) is 6.81. The molecule has 9 nitrogen and oxygen atoms in total. The molecule has 4 N–H and O–H groups in total. The SMILES string of the molecule is Cc1cc2nc(n1)NC/C=C/COC1(C)CCN(CC1)c1cc(NSCCO)ccc1C(=O)N2. The Hall–Kier alpha value is -2.82. The van der Waals surface area contributed by atoms with E-state index in [1.807, 2.05) is 37.3 Å². The second-order valence-electron chi connectivity index (χ2n) is 8.68. The van der Waals surface area contributed by atoms with Crippen molar-refractivity contribution in [2.75, 3.05) is 58.9 Å². The summed E-state index contributed by atoms with van der Waals surface area (Å²) in [4.78, 5) is 24.5. The minimum atomic E-state index is -0.220. The number of aromatic nitrogens is 2. The number of amides is 1. The predicted octanol–water partition coefficient (Wildman–Crippen LogP) is 3.45. The van der Waals surface area contributed by atoms with Crippen LogP contribution < -0.4 is 20.3 Å². The van der Waals surface area contributed by atoms with Crippen LogP contribution in [0, 0.1) is 6.92 Å². The lowest BCUT2D eigenvalue weighted by molar-refractivity contribution is -0.0335. The monoisotopic (exact) mass is 484 g/mol. The highest BCUT2D eigenvalue weighted by Gasteiger charge is 2.32. The van der Waals surface area contributed by atoms with Crippen molar-refractivity contribution in [3.63, 3.8) is 0 Å². The normalized spacial score (nSPS) is 18.9. The molecule has 0 saturated carbocycles. The summed E-state index contributed by atoms with van der Waals surface area (Å²) in [5.41, 5.74) is 2.88. The Morgan fingerprint density at radius 3 is 2.85 bits per heavy atom. The predicted molar refractivity (Wildman–Crippen MR) is 138 cm³/mol. The highest BCUT2D eigenvalue weighted by molar-refractivity contribution is 8.00. The van der Waals surface area contributed by atoms with Gasteiger partial charge in [0.1, 0.15) is 5.82 Å². The van der Waals surface area contributed by atoms with Gasteiger partial charge in [0.25, 0.3) is 5.91 Å². The molecule has 0 spiro atoms. The lowest BCUT2D eigenvalue weighted by Crippen LogP contribution is -2.44. The van der Waals surface area contributed by atoms with Crippen molar-refractivity contribution >= 4 is 41.0 Å². The van der Waals surface area contributed by atoms with Gasteiger partial charge in [-0.3, -0.25) is 4.79 Å². The van der Waals surface area contributed by atoms with E-state index in [0.29, 0.717) is 36.2 Å². The molecule has 5 rings (SSSR count). The molecular formula is C24H32N6O3S. The number of anilines is 4. The summed E-state index contributed by atoms with van der Waals surface area (Å²) in [6, 6.07) is 7.47. The van der Waals surface area contributed by atoms with Gasteiger partial charge in [-0.1, -0.05) is 24.1 Å². The Labute approximate surface area is 204 Å². The quantitative estimate of drug-likeness (QED) is 0.294. The van der Waals surface area contributed by atoms with Crippen molar-refractivity contribution in [1.82, 2.24) is 9.97 Å². The van der Waals surface area contributed by atoms with Gasteiger partial charge in [-0.15, -0.1) is 0 Å². The number of nitrogens with zero attached hydrogens (tertiary/aromatic N) is 3. The zero-order valence-electron chi connectivity index (χ0n) is 19.6. The first-order valence-corrected chi connectivity index (χ1v) is 12.5. The van der Waals surface area contributed by atoms with Crippen LogP contribution in [0.4, 0.5) is 23.1 Å². The van der Waals surface area contributed by atoms with Gasteiger partial charge in [0, 0.05) is 42.8 Å². The fourth-order valence-electron chi connectivity index (χ4n) is 4.04. The van der Waals surface area contributed by atoms with Gasteiger partial charge < -0.3 is 30.1 Å². The largest absolute Gasteiger partial charge is 0.395 e. The Morgan fingerprint density at radius 1 is 1.24 bits per heavy atom. The van der Waals surface area contributed by atoms with E-state index in [4.69, 9.17) is 9.84 Å². The molecule has 182 valence electrons. The summed E-state index contributed by atoms with van der Waals surface area (Å²) < 4.78 is 9.46. The van der Waals surface area contributed by atoms with E-state index in [9.17, 15) is 4.79 Å². The molecule has 1 fully saturated rings. The fraction of sp³-hybridized carbons (Fsp3) is 0.458. The Kier molecular flexibility index (Phi) is 7.91. The number of nitrogens with one attached hydrogen (secondary N) is 3. The van der Waals surface area contributed by atoms with E-state index in [1.54, 1.807) is 6.07 Å². The third-order valence-corrected chi connectivity index (χ3v) is 6.72. The number of carbonyl (C=O) groups is 1. The summed E-state index contributed by atoms with van der Waals surface area (Å²) in [7, 11) is 0. The molecule has 1 saturated heterocycles. The zero-order valence-corrected chi connectivity index (χ0v) is 20.5. The number of aliphatic hydroxyl groups excluding tert-OH is 1. The highest BCUT2D eigenvalue weighted by atomic mass is 32.2. The lowest BCUT2D eigenvalue weighted by atomic mass is 9.92. The number of aryl methyl sites for hydroxylation is 1. The molecule has 2 aromatic rings. The van der Waals surface area contributed by atoms with Gasteiger partial charge in [0.05, 0.1) is 30.1 Å². The molecule has 1 aromatic carbocycles. The number of rotatable bonds is 4. The Balaban J connectivity index is 1.67. The van der Waals surface area contributed by atoms with E-state index in [2.05, 4.69) is 37.1 Å². The number of benzene rings is 1. The maximum atomic E-state index is 13.4. The van der Waals surface area contributed by atoms with Crippen LogP contribution in [0.5, 0.6) is 0 Å². The second kappa shape index (κ2) is 11.1. The Bertz CT molecular complexity index is 1040. The van der Waals surface area contributed by atoms with E-state index in [1.165, 1.54) is 11.9 Å². The van der Waals surface area contributed by atoms with Gasteiger partial charge in [-0.05, 0) is 44.9 Å². The van der Waals surface area contributed by atoms with Crippen LogP contribution in [0.2, 0.25) is 0 Å². The van der Waals surface area contributed by atoms with Gasteiger partial charge in [-0.25, -0.2) is 4.98 Å². The van der Waals surface area contributed by atoms with Crippen molar-refractivity contribution in [1.29, 1.82) is 0 Å². The maximum Gasteiger partial charge on any atom is 0.258 e. The zero-order chi connectivity index (χ0) is 24.0. The maximum absolute atomic E-state index is 13.4. The summed E-state index contributed by atoms with van der Waals surface area (Å²) >= 11 is 1.43. The lowest BCUT2D eigenvalue weighted by Gasteiger charge is -2.40. The van der Waals surface area contributed by atoms with E-state index < -0.39 is 0 Å². The van der Waals surface area contributed by atoms with Crippen LogP contribution in [-0.4, -0.2) is 65.2 Å². The fourth-order valence-corrected chi connectivity index (χ4v) is 4.53. The third kappa shape index (κ3) is 6.19. The summed E-state index contributed by atoms with van der Waals surface area (Å²) in [5.74, 6) is 1.27. The second-order valence-corrected chi connectivity index (χ2v) is 9.58. The molecule has 3 aliphatic rings. The minimum absolute atomic E-state index is 0.0973. The smallest absolute Gasteiger partial charge is 0.258 e. The van der Waals surface area contributed by atoms with Crippen LogP contribution in [0.15, 0.2) is 36.4 Å². The number of aliphatic hydroxyl groups is 1. The van der Waals surface area contributed by atoms with Gasteiger partial charge in [0.2, 0.25) is 5.95 Å². The van der Waals surface area contributed by atoms with Crippen LogP contribution in [0.3, 0.4) is 0 Å². The topological polar surface area (TPSA) is 112 Å². The first-order valence-electron chi connectivity index (χ1n) is 11.5. The molecule has 0 radical (unpaired) electrons. The first-order chi connectivity index (χ1) is 16.5. The standard InChI is InChI=1S/C24H32N6O3S/c1-17-15-21-27-22(32)19-6-5-18(29-34-14-12-31)16-20(19)30-10-7-24(2,8-11-30)33-13-4-3-9-25-23(26-17)28-21/h3-6,15-16,29,31H,7-14H2,1-2H3,(H2,25,26,27,28,32)/b4-3+. The minimum Gasteiger partial charge on any atom is -0.395 e. The molecule has 4 bridgehead atoms. The molecule has 0 unspecified atom stereocenters. The molecule has 1 amide bonds. The van der Waals surface area contributed by atoms with Crippen LogP contribution in [0.1, 0.15) is 35.8 Å². The molecule has 0 aliphatic carbocycles. The van der Waals surface area contributed by atoms with Crippen LogP contribution in [-0.2, 0) is 4.74 Å². The van der Waals surface area contributed by atoms with E-state index in [0.717, 1.165) is 43.0 Å². The van der Waals surface area contributed by atoms with Crippen molar-refractivity contribution in [3.05, 3.63) is 47.7 Å². The van der Waals surface area contributed by atoms with Gasteiger partial charge >= 0.3 is 0 Å². The molecule has 1 aromatic heterocycles. The van der Waals surface area contributed by atoms with Crippen molar-refractivity contribution in [2.24, 2.45) is 0 Å². The molecule has 4 heterocycles. The average molecular weight is 485 g/mol.